The molecule has 0 radical (unpaired) electrons. The molecule has 0 fully saturated rings. The zero-order valence-electron chi connectivity index (χ0n) is 10.4. The number of nitrogens with zero attached hydrogens (tertiary/aromatic N) is 3. The first-order chi connectivity index (χ1) is 9.01. The molecule has 0 aliphatic heterocycles. The predicted molar refractivity (Wildman–Crippen MR) is 69.2 cm³/mol. The first kappa shape index (κ1) is 15.3. The molecule has 1 N–H and O–H groups in total. The van der Waals surface area contributed by atoms with Gasteiger partial charge in [0.25, 0.3) is 11.6 Å². The van der Waals surface area contributed by atoms with Crippen LogP contribution in [0.1, 0.15) is 23.7 Å². The summed E-state index contributed by atoms with van der Waals surface area (Å²) in [5, 5.41) is 19.7. The Morgan fingerprint density at radius 1 is 1.63 bits per heavy atom. The number of carbonyl (C=O) groups excluding carboxylic acids is 1. The number of halogens is 1. The fourth-order valence-electron chi connectivity index (χ4n) is 1.57. The largest absolute Gasteiger partial charge is 0.396 e. The molecule has 8 heteroatoms. The minimum Gasteiger partial charge on any atom is -0.396 e. The Kier molecular flexibility index (Phi) is 5.65. The van der Waals surface area contributed by atoms with Gasteiger partial charge < -0.3 is 10.0 Å². The summed E-state index contributed by atoms with van der Waals surface area (Å²) in [6, 6.07) is 1.18. The highest BCUT2D eigenvalue weighted by atomic mass is 35.5. The van der Waals surface area contributed by atoms with Gasteiger partial charge in [-0.15, -0.1) is 0 Å². The Bertz CT molecular complexity index is 481. The summed E-state index contributed by atoms with van der Waals surface area (Å²) in [5.74, 6) is -0.494. The molecule has 0 saturated carbocycles. The third-order valence-electron chi connectivity index (χ3n) is 2.53. The molecule has 0 aliphatic rings. The van der Waals surface area contributed by atoms with Crippen molar-refractivity contribution in [1.29, 1.82) is 0 Å². The summed E-state index contributed by atoms with van der Waals surface area (Å²) in [5.41, 5.74) is -0.471. The molecule has 104 valence electrons. The van der Waals surface area contributed by atoms with Crippen LogP contribution in [0.25, 0.3) is 0 Å². The van der Waals surface area contributed by atoms with E-state index in [1.165, 1.54) is 11.0 Å². The average Bonchev–Trinajstić information content (AvgIpc) is 2.38. The maximum atomic E-state index is 12.2. The minimum absolute atomic E-state index is 0.0205. The quantitative estimate of drug-likeness (QED) is 0.486. The first-order valence-corrected chi connectivity index (χ1v) is 6.09. The van der Waals surface area contributed by atoms with Gasteiger partial charge >= 0.3 is 0 Å². The smallest absolute Gasteiger partial charge is 0.300 e. The molecule has 7 nitrogen and oxygen atoms in total. The summed E-state index contributed by atoms with van der Waals surface area (Å²) in [6.07, 6.45) is 1.38. The van der Waals surface area contributed by atoms with E-state index in [1.807, 2.05) is 0 Å². The molecule has 0 atom stereocenters. The number of aliphatic hydroxyl groups excluding tert-OH is 1. The number of pyridine rings is 1. The van der Waals surface area contributed by atoms with E-state index < -0.39 is 10.8 Å². The lowest BCUT2D eigenvalue weighted by Gasteiger charge is -2.20. The highest BCUT2D eigenvalue weighted by Gasteiger charge is 2.24. The maximum absolute atomic E-state index is 12.2. The summed E-state index contributed by atoms with van der Waals surface area (Å²) in [6.45, 7) is 2.41. The lowest BCUT2D eigenvalue weighted by Crippen LogP contribution is -2.32. The van der Waals surface area contributed by atoms with Crippen molar-refractivity contribution in [2.45, 2.75) is 13.3 Å². The molecule has 0 unspecified atom stereocenters. The van der Waals surface area contributed by atoms with Crippen molar-refractivity contribution in [3.05, 3.63) is 33.1 Å². The molecule has 1 heterocycles. The molecular formula is C11H14ClN3O4. The summed E-state index contributed by atoms with van der Waals surface area (Å²) < 4.78 is 0. The van der Waals surface area contributed by atoms with Crippen LogP contribution in [0.2, 0.25) is 5.15 Å². The van der Waals surface area contributed by atoms with E-state index in [2.05, 4.69) is 4.98 Å². The van der Waals surface area contributed by atoms with E-state index in [0.29, 0.717) is 19.5 Å². The number of aromatic nitrogens is 1. The molecule has 0 saturated heterocycles. The number of hydrogen-bond acceptors (Lipinski definition) is 5. The van der Waals surface area contributed by atoms with E-state index in [0.717, 1.165) is 6.20 Å². The van der Waals surface area contributed by atoms with Crippen LogP contribution in [-0.2, 0) is 0 Å². The molecule has 0 aliphatic carbocycles. The topological polar surface area (TPSA) is 96.6 Å². The molecule has 1 aromatic heterocycles. The summed E-state index contributed by atoms with van der Waals surface area (Å²) in [7, 11) is 0. The molecule has 0 bridgehead atoms. The lowest BCUT2D eigenvalue weighted by molar-refractivity contribution is -0.385. The third-order valence-corrected chi connectivity index (χ3v) is 2.74. The maximum Gasteiger partial charge on any atom is 0.300 e. The van der Waals surface area contributed by atoms with Gasteiger partial charge in [-0.25, -0.2) is 4.98 Å². The van der Waals surface area contributed by atoms with Crippen molar-refractivity contribution < 1.29 is 14.8 Å². The molecule has 1 amide bonds. The van der Waals surface area contributed by atoms with E-state index in [9.17, 15) is 14.9 Å². The molecule has 1 aromatic rings. The first-order valence-electron chi connectivity index (χ1n) is 5.71. The van der Waals surface area contributed by atoms with Gasteiger partial charge in [0.15, 0.2) is 0 Å². The minimum atomic E-state index is -0.670. The number of aliphatic hydroxyl groups is 1. The highest BCUT2D eigenvalue weighted by molar-refractivity contribution is 6.29. The summed E-state index contributed by atoms with van der Waals surface area (Å²) >= 11 is 5.67. The van der Waals surface area contributed by atoms with Crippen LogP contribution in [0.5, 0.6) is 0 Å². The molecule has 1 rings (SSSR count). The highest BCUT2D eigenvalue weighted by Crippen LogP contribution is 2.22. The van der Waals surface area contributed by atoms with Crippen molar-refractivity contribution in [1.82, 2.24) is 9.88 Å². The second kappa shape index (κ2) is 7.01. The van der Waals surface area contributed by atoms with Crippen molar-refractivity contribution in [2.24, 2.45) is 0 Å². The Morgan fingerprint density at radius 3 is 2.84 bits per heavy atom. The van der Waals surface area contributed by atoms with Gasteiger partial charge in [-0.2, -0.15) is 0 Å². The molecule has 0 aromatic carbocycles. The number of hydrogen-bond donors (Lipinski definition) is 1. The van der Waals surface area contributed by atoms with Gasteiger partial charge in [0, 0.05) is 19.7 Å². The third kappa shape index (κ3) is 3.87. The lowest BCUT2D eigenvalue weighted by atomic mass is 10.2. The van der Waals surface area contributed by atoms with Crippen LogP contribution in [0.3, 0.4) is 0 Å². The Balaban J connectivity index is 3.09. The number of carbonyl (C=O) groups is 1. The van der Waals surface area contributed by atoms with Crippen LogP contribution < -0.4 is 0 Å². The molecule has 0 spiro atoms. The Morgan fingerprint density at radius 2 is 2.32 bits per heavy atom. The number of amides is 1. The van der Waals surface area contributed by atoms with Gasteiger partial charge in [0.2, 0.25) is 0 Å². The van der Waals surface area contributed by atoms with Gasteiger partial charge in [0.05, 0.1) is 4.92 Å². The van der Waals surface area contributed by atoms with E-state index in [-0.39, 0.29) is 23.0 Å². The van der Waals surface area contributed by atoms with E-state index in [1.54, 1.807) is 6.92 Å². The van der Waals surface area contributed by atoms with Crippen molar-refractivity contribution in [2.75, 3.05) is 19.7 Å². The van der Waals surface area contributed by atoms with Gasteiger partial charge in [-0.05, 0) is 19.4 Å². The second-order valence-corrected chi connectivity index (χ2v) is 4.13. The van der Waals surface area contributed by atoms with Gasteiger partial charge in [-0.3, -0.25) is 14.9 Å². The van der Waals surface area contributed by atoms with Crippen molar-refractivity contribution in [3.63, 3.8) is 0 Å². The monoisotopic (exact) mass is 287 g/mol. The predicted octanol–water partition coefficient (Wildman–Crippen LogP) is 1.49. The van der Waals surface area contributed by atoms with Gasteiger partial charge in [0.1, 0.15) is 16.9 Å². The van der Waals surface area contributed by atoms with Crippen LogP contribution in [0.4, 0.5) is 5.69 Å². The number of nitro groups is 1. The zero-order valence-corrected chi connectivity index (χ0v) is 11.1. The van der Waals surface area contributed by atoms with E-state index >= 15 is 0 Å². The summed E-state index contributed by atoms with van der Waals surface area (Å²) in [4.78, 5) is 27.4. The SMILES string of the molecule is CCN(CCCO)C(=O)c1cc(Cl)ncc1[N+](=O)[O-]. The molecular weight excluding hydrogens is 274 g/mol. The van der Waals surface area contributed by atoms with Crippen molar-refractivity contribution in [3.8, 4) is 0 Å². The van der Waals surface area contributed by atoms with E-state index in [4.69, 9.17) is 16.7 Å². The fourth-order valence-corrected chi connectivity index (χ4v) is 1.73. The number of rotatable bonds is 6. The average molecular weight is 288 g/mol. The van der Waals surface area contributed by atoms with Crippen LogP contribution in [-0.4, -0.2) is 45.5 Å². The molecule has 19 heavy (non-hydrogen) atoms. The van der Waals surface area contributed by atoms with Crippen LogP contribution in [0, 0.1) is 10.1 Å². The second-order valence-electron chi connectivity index (χ2n) is 3.74. The normalized spacial score (nSPS) is 10.3. The van der Waals surface area contributed by atoms with Crippen molar-refractivity contribution >= 4 is 23.2 Å². The van der Waals surface area contributed by atoms with Crippen LogP contribution >= 0.6 is 11.6 Å². The Labute approximate surface area is 115 Å². The van der Waals surface area contributed by atoms with Gasteiger partial charge in [-0.1, -0.05) is 11.6 Å². The standard InChI is InChI=1S/C11H14ClN3O4/c1-2-14(4-3-5-16)11(17)8-6-10(12)13-7-9(8)15(18)19/h6-7,16H,2-5H2,1H3. The Hall–Kier alpha value is -1.73. The zero-order chi connectivity index (χ0) is 14.4. The fraction of sp³-hybridized carbons (Fsp3) is 0.455. The van der Waals surface area contributed by atoms with Crippen LogP contribution in [0.15, 0.2) is 12.3 Å².